The summed E-state index contributed by atoms with van der Waals surface area (Å²) in [5, 5.41) is 13.8. The summed E-state index contributed by atoms with van der Waals surface area (Å²) in [5.41, 5.74) is 1.61. The maximum Gasteiger partial charge on any atom is 0.130 e. The Balaban J connectivity index is 2.06. The summed E-state index contributed by atoms with van der Waals surface area (Å²) < 4.78 is 0. The van der Waals surface area contributed by atoms with Crippen LogP contribution < -0.4 is 10.2 Å². The van der Waals surface area contributed by atoms with Gasteiger partial charge in [0.25, 0.3) is 0 Å². The number of hydrogen-bond acceptors (Lipinski definition) is 4. The highest BCUT2D eigenvalue weighted by Gasteiger charge is 2.23. The summed E-state index contributed by atoms with van der Waals surface area (Å²) >= 11 is 0. The molecule has 0 bridgehead atoms. The summed E-state index contributed by atoms with van der Waals surface area (Å²) in [7, 11) is 0. The lowest BCUT2D eigenvalue weighted by molar-refractivity contribution is 0.619. The Morgan fingerprint density at radius 3 is 3.00 bits per heavy atom. The lowest BCUT2D eigenvalue weighted by Crippen LogP contribution is -2.38. The van der Waals surface area contributed by atoms with Gasteiger partial charge in [0.05, 0.1) is 17.1 Å². The minimum atomic E-state index is 0.477. The number of rotatable bonds is 4. The second-order valence-electron chi connectivity index (χ2n) is 5.50. The first-order chi connectivity index (χ1) is 10.3. The molecule has 0 radical (unpaired) electrons. The standard InChI is InChI=1S/C17H20N4/c1-2-9-21(14-7-8-19-12-14)17-10-13(11-18)15-5-3-4-6-16(15)20-17/h3-6,10,14,19H,2,7-9,12H2,1H3. The Kier molecular flexibility index (Phi) is 4.03. The first kappa shape index (κ1) is 13.8. The van der Waals surface area contributed by atoms with Gasteiger partial charge in [-0.15, -0.1) is 0 Å². The molecule has 1 unspecified atom stereocenters. The zero-order valence-electron chi connectivity index (χ0n) is 12.3. The fraction of sp³-hybridized carbons (Fsp3) is 0.412. The number of hydrogen-bond donors (Lipinski definition) is 1. The maximum absolute atomic E-state index is 9.43. The van der Waals surface area contributed by atoms with Gasteiger partial charge >= 0.3 is 0 Å². The molecule has 1 aromatic carbocycles. The van der Waals surface area contributed by atoms with Gasteiger partial charge in [0.15, 0.2) is 0 Å². The zero-order chi connectivity index (χ0) is 14.7. The topological polar surface area (TPSA) is 52.0 Å². The molecule has 1 saturated heterocycles. The first-order valence-corrected chi connectivity index (χ1v) is 7.60. The van der Waals surface area contributed by atoms with Gasteiger partial charge in [0.1, 0.15) is 5.82 Å². The third-order valence-corrected chi connectivity index (χ3v) is 4.06. The smallest absolute Gasteiger partial charge is 0.130 e. The minimum Gasteiger partial charge on any atom is -0.352 e. The van der Waals surface area contributed by atoms with Crippen molar-refractivity contribution in [2.75, 3.05) is 24.5 Å². The van der Waals surface area contributed by atoms with E-state index in [1.807, 2.05) is 30.3 Å². The maximum atomic E-state index is 9.43. The molecule has 21 heavy (non-hydrogen) atoms. The lowest BCUT2D eigenvalue weighted by Gasteiger charge is -2.29. The van der Waals surface area contributed by atoms with Gasteiger partial charge < -0.3 is 10.2 Å². The number of para-hydroxylation sites is 1. The summed E-state index contributed by atoms with van der Waals surface area (Å²) in [6, 6.07) is 12.6. The van der Waals surface area contributed by atoms with Gasteiger partial charge in [0.2, 0.25) is 0 Å². The third-order valence-electron chi connectivity index (χ3n) is 4.06. The number of benzene rings is 1. The zero-order valence-corrected chi connectivity index (χ0v) is 12.3. The second kappa shape index (κ2) is 6.11. The van der Waals surface area contributed by atoms with E-state index in [-0.39, 0.29) is 0 Å². The summed E-state index contributed by atoms with van der Waals surface area (Å²) in [4.78, 5) is 7.15. The van der Waals surface area contributed by atoms with Crippen LogP contribution in [-0.2, 0) is 0 Å². The average molecular weight is 280 g/mol. The average Bonchev–Trinajstić information content (AvgIpc) is 3.05. The SMILES string of the molecule is CCCN(c1cc(C#N)c2ccccc2n1)C1CCNC1. The second-order valence-corrected chi connectivity index (χ2v) is 5.50. The molecule has 1 atom stereocenters. The quantitative estimate of drug-likeness (QED) is 0.935. The van der Waals surface area contributed by atoms with Crippen LogP contribution in [0.1, 0.15) is 25.3 Å². The third kappa shape index (κ3) is 2.70. The monoisotopic (exact) mass is 280 g/mol. The molecule has 2 aromatic rings. The van der Waals surface area contributed by atoms with Crippen molar-refractivity contribution in [2.45, 2.75) is 25.8 Å². The molecule has 4 nitrogen and oxygen atoms in total. The van der Waals surface area contributed by atoms with Gasteiger partial charge in [-0.05, 0) is 31.5 Å². The van der Waals surface area contributed by atoms with E-state index in [0.29, 0.717) is 11.6 Å². The number of fused-ring (bicyclic) bond motifs is 1. The van der Waals surface area contributed by atoms with Crippen LogP contribution in [0.3, 0.4) is 0 Å². The number of nitriles is 1. The highest BCUT2D eigenvalue weighted by atomic mass is 15.2. The summed E-state index contributed by atoms with van der Waals surface area (Å²) in [5.74, 6) is 0.931. The van der Waals surface area contributed by atoms with Gasteiger partial charge in [0, 0.05) is 24.5 Å². The number of nitrogens with zero attached hydrogens (tertiary/aromatic N) is 3. The molecule has 3 rings (SSSR count). The number of pyridine rings is 1. The summed E-state index contributed by atoms with van der Waals surface area (Å²) in [6.45, 7) is 5.21. The van der Waals surface area contributed by atoms with Crippen molar-refractivity contribution in [2.24, 2.45) is 0 Å². The Labute approximate surface area is 125 Å². The van der Waals surface area contributed by atoms with Crippen molar-refractivity contribution in [3.63, 3.8) is 0 Å². The van der Waals surface area contributed by atoms with Gasteiger partial charge in [-0.1, -0.05) is 25.1 Å². The molecule has 108 valence electrons. The van der Waals surface area contributed by atoms with E-state index in [1.165, 1.54) is 0 Å². The van der Waals surface area contributed by atoms with Crippen molar-refractivity contribution in [3.05, 3.63) is 35.9 Å². The van der Waals surface area contributed by atoms with Crippen LogP contribution >= 0.6 is 0 Å². The lowest BCUT2D eigenvalue weighted by atomic mass is 10.1. The molecule has 0 spiro atoms. The Morgan fingerprint density at radius 2 is 2.29 bits per heavy atom. The molecule has 1 aliphatic rings. The molecule has 1 aliphatic heterocycles. The van der Waals surface area contributed by atoms with Gasteiger partial charge in [-0.25, -0.2) is 4.98 Å². The molecule has 1 N–H and O–H groups in total. The van der Waals surface area contributed by atoms with E-state index in [0.717, 1.165) is 49.2 Å². The van der Waals surface area contributed by atoms with Gasteiger partial charge in [-0.3, -0.25) is 0 Å². The Morgan fingerprint density at radius 1 is 1.43 bits per heavy atom. The van der Waals surface area contributed by atoms with Crippen LogP contribution in [0.15, 0.2) is 30.3 Å². The number of nitrogens with one attached hydrogen (secondary N) is 1. The molecule has 0 aliphatic carbocycles. The van der Waals surface area contributed by atoms with Crippen LogP contribution in [0.4, 0.5) is 5.82 Å². The van der Waals surface area contributed by atoms with Crippen LogP contribution in [0.5, 0.6) is 0 Å². The van der Waals surface area contributed by atoms with Gasteiger partial charge in [-0.2, -0.15) is 5.26 Å². The molecule has 2 heterocycles. The highest BCUT2D eigenvalue weighted by molar-refractivity contribution is 5.86. The van der Waals surface area contributed by atoms with Crippen LogP contribution in [0, 0.1) is 11.3 Å². The summed E-state index contributed by atoms with van der Waals surface area (Å²) in [6.07, 6.45) is 2.21. The molecule has 0 amide bonds. The Hall–Kier alpha value is -2.12. The van der Waals surface area contributed by atoms with E-state index < -0.39 is 0 Å². The number of anilines is 1. The molecule has 1 fully saturated rings. The fourth-order valence-electron chi connectivity index (χ4n) is 3.03. The highest BCUT2D eigenvalue weighted by Crippen LogP contribution is 2.25. The molecule has 4 heteroatoms. The van der Waals surface area contributed by atoms with E-state index in [9.17, 15) is 5.26 Å². The molecule has 0 saturated carbocycles. The molecule has 1 aromatic heterocycles. The molecular formula is C17H20N4. The van der Waals surface area contributed by atoms with Crippen molar-refractivity contribution in [1.82, 2.24) is 10.3 Å². The van der Waals surface area contributed by atoms with E-state index >= 15 is 0 Å². The number of aromatic nitrogens is 1. The van der Waals surface area contributed by atoms with Crippen molar-refractivity contribution < 1.29 is 0 Å². The predicted octanol–water partition coefficient (Wildman–Crippen LogP) is 2.68. The largest absolute Gasteiger partial charge is 0.352 e. The first-order valence-electron chi connectivity index (χ1n) is 7.60. The Bertz CT molecular complexity index is 668. The van der Waals surface area contributed by atoms with Crippen LogP contribution in [0.25, 0.3) is 10.9 Å². The normalized spacial score (nSPS) is 17.8. The van der Waals surface area contributed by atoms with E-state index in [1.54, 1.807) is 0 Å². The predicted molar refractivity (Wildman–Crippen MR) is 85.4 cm³/mol. The van der Waals surface area contributed by atoms with Crippen molar-refractivity contribution >= 4 is 16.7 Å². The van der Waals surface area contributed by atoms with Crippen molar-refractivity contribution in [3.8, 4) is 6.07 Å². The van der Waals surface area contributed by atoms with E-state index in [4.69, 9.17) is 4.98 Å². The van der Waals surface area contributed by atoms with Crippen LogP contribution in [-0.4, -0.2) is 30.7 Å². The minimum absolute atomic E-state index is 0.477. The molecular weight excluding hydrogens is 260 g/mol. The van der Waals surface area contributed by atoms with Crippen LogP contribution in [0.2, 0.25) is 0 Å². The van der Waals surface area contributed by atoms with E-state index in [2.05, 4.69) is 23.2 Å². The van der Waals surface area contributed by atoms with Crippen molar-refractivity contribution in [1.29, 1.82) is 5.26 Å². The fourth-order valence-corrected chi connectivity index (χ4v) is 3.03.